The molecule has 4 rings (SSSR count). The maximum absolute atomic E-state index is 6.03. The van der Waals surface area contributed by atoms with Crippen LogP contribution in [0.5, 0.6) is 5.88 Å². The Labute approximate surface area is 149 Å². The fraction of sp³-hybridized carbons (Fsp3) is 0.389. The molecule has 1 aliphatic rings. The zero-order chi connectivity index (χ0) is 17.4. The third kappa shape index (κ3) is 3.28. The first-order valence-corrected chi connectivity index (χ1v) is 8.53. The van der Waals surface area contributed by atoms with E-state index in [1.807, 2.05) is 25.1 Å². The number of hydrogen-bond acceptors (Lipinski definition) is 6. The first-order valence-electron chi connectivity index (χ1n) is 8.53. The number of fused-ring (bicyclic) bond motifs is 1. The maximum Gasteiger partial charge on any atom is 0.233 e. The number of anilines is 1. The van der Waals surface area contributed by atoms with Gasteiger partial charge in [-0.15, -0.1) is 0 Å². The lowest BCUT2D eigenvalue weighted by Crippen LogP contribution is -2.38. The normalized spacial score (nSPS) is 18.6. The molecule has 3 heterocycles. The van der Waals surface area contributed by atoms with Crippen molar-refractivity contribution in [1.29, 1.82) is 0 Å². The smallest absolute Gasteiger partial charge is 0.233 e. The number of rotatable bonds is 3. The molecule has 7 heteroatoms. The number of hydrogen-bond donors (Lipinski definition) is 2. The van der Waals surface area contributed by atoms with Crippen molar-refractivity contribution in [2.45, 2.75) is 25.9 Å². The van der Waals surface area contributed by atoms with Crippen LogP contribution in [-0.2, 0) is 0 Å². The molecular formula is C18H26N6O. The molecule has 134 valence electrons. The number of nitrogens with zero attached hydrogens (tertiary/aromatic N) is 4. The molecule has 0 aliphatic carbocycles. The van der Waals surface area contributed by atoms with Gasteiger partial charge in [-0.05, 0) is 51.1 Å². The van der Waals surface area contributed by atoms with Crippen molar-refractivity contribution < 1.29 is 7.59 Å². The number of nitrogen functional groups attached to an aromatic ring is 1. The monoisotopic (exact) mass is 342 g/mol. The lowest BCUT2D eigenvalue weighted by atomic mass is 10.1. The van der Waals surface area contributed by atoms with E-state index in [9.17, 15) is 0 Å². The van der Waals surface area contributed by atoms with Gasteiger partial charge in [0, 0.05) is 9.40 Å². The van der Waals surface area contributed by atoms with Gasteiger partial charge in [0.1, 0.15) is 6.10 Å². The molecule has 0 amide bonds. The summed E-state index contributed by atoms with van der Waals surface area (Å²) >= 11 is 0. The standard InChI is InChI=1S/C18H22N6O.2H2/c1-11-5-6-13-14(8-11)22-18(21-13)16-17(19)20-9-15(23-16)25-12-4-3-7-24(2)10-12;;/h5-6,8-9,12H,3-4,7,10H2,1-2H3,(H2,19,20)(H,21,22);2*1H. The molecule has 25 heavy (non-hydrogen) atoms. The SMILES string of the molecule is Cc1ccc2nc(-c3nc(OC4CCCN(C)C4)cnc3N)[nH]c2c1.[HH].[HH]. The van der Waals surface area contributed by atoms with E-state index < -0.39 is 0 Å². The number of likely N-dealkylation sites (N-methyl/N-ethyl adjacent to an activating group) is 1. The van der Waals surface area contributed by atoms with Crippen molar-refractivity contribution in [3.8, 4) is 17.4 Å². The Morgan fingerprint density at radius 2 is 2.24 bits per heavy atom. The van der Waals surface area contributed by atoms with E-state index in [0.717, 1.165) is 37.0 Å². The number of aromatic nitrogens is 4. The van der Waals surface area contributed by atoms with Crippen LogP contribution in [0.15, 0.2) is 24.4 Å². The number of aromatic amines is 1. The first-order chi connectivity index (χ1) is 12.1. The van der Waals surface area contributed by atoms with Gasteiger partial charge in [-0.3, -0.25) is 0 Å². The van der Waals surface area contributed by atoms with E-state index in [-0.39, 0.29) is 8.96 Å². The highest BCUT2D eigenvalue weighted by atomic mass is 16.5. The van der Waals surface area contributed by atoms with Gasteiger partial charge >= 0.3 is 0 Å². The van der Waals surface area contributed by atoms with E-state index >= 15 is 0 Å². The Bertz CT molecular complexity index is 916. The second-order valence-electron chi connectivity index (χ2n) is 6.69. The second kappa shape index (κ2) is 6.33. The van der Waals surface area contributed by atoms with Crippen LogP contribution >= 0.6 is 0 Å². The largest absolute Gasteiger partial charge is 0.472 e. The molecule has 3 N–H and O–H groups in total. The van der Waals surface area contributed by atoms with Crippen LogP contribution < -0.4 is 10.5 Å². The molecule has 3 aromatic rings. The predicted octanol–water partition coefficient (Wildman–Crippen LogP) is 2.88. The molecule has 0 bridgehead atoms. The summed E-state index contributed by atoms with van der Waals surface area (Å²) < 4.78 is 6.02. The number of nitrogens with one attached hydrogen (secondary N) is 1. The van der Waals surface area contributed by atoms with Gasteiger partial charge in [0.15, 0.2) is 17.3 Å². The number of likely N-dealkylation sites (tertiary alicyclic amines) is 1. The van der Waals surface area contributed by atoms with Crippen molar-refractivity contribution >= 4 is 16.9 Å². The van der Waals surface area contributed by atoms with Crippen LogP contribution in [0.3, 0.4) is 0 Å². The molecule has 0 radical (unpaired) electrons. The van der Waals surface area contributed by atoms with E-state index in [4.69, 9.17) is 10.5 Å². The lowest BCUT2D eigenvalue weighted by molar-refractivity contribution is 0.0998. The number of benzene rings is 1. The van der Waals surface area contributed by atoms with Gasteiger partial charge in [-0.1, -0.05) is 6.07 Å². The molecular weight excluding hydrogens is 316 g/mol. The molecule has 2 aromatic heterocycles. The summed E-state index contributed by atoms with van der Waals surface area (Å²) in [7, 11) is 2.10. The van der Waals surface area contributed by atoms with E-state index in [0.29, 0.717) is 23.2 Å². The summed E-state index contributed by atoms with van der Waals surface area (Å²) in [5.41, 5.74) is 9.55. The summed E-state index contributed by atoms with van der Waals surface area (Å²) in [4.78, 5) is 18.9. The van der Waals surface area contributed by atoms with Crippen LogP contribution in [0.4, 0.5) is 5.82 Å². The Morgan fingerprint density at radius 1 is 1.36 bits per heavy atom. The second-order valence-corrected chi connectivity index (χ2v) is 6.69. The fourth-order valence-electron chi connectivity index (χ4n) is 3.23. The number of imidazole rings is 1. The van der Waals surface area contributed by atoms with Crippen molar-refractivity contribution in [1.82, 2.24) is 24.8 Å². The molecule has 0 saturated carbocycles. The Morgan fingerprint density at radius 3 is 3.08 bits per heavy atom. The first kappa shape index (κ1) is 15.8. The summed E-state index contributed by atoms with van der Waals surface area (Å²) in [6.45, 7) is 4.05. The van der Waals surface area contributed by atoms with Gasteiger partial charge in [0.2, 0.25) is 5.88 Å². The van der Waals surface area contributed by atoms with Gasteiger partial charge < -0.3 is 20.4 Å². The minimum Gasteiger partial charge on any atom is -0.472 e. The molecule has 1 aromatic carbocycles. The van der Waals surface area contributed by atoms with Crippen LogP contribution in [-0.4, -0.2) is 51.1 Å². The topological polar surface area (TPSA) is 93.0 Å². The highest BCUT2D eigenvalue weighted by molar-refractivity contribution is 5.81. The molecule has 1 atom stereocenters. The summed E-state index contributed by atoms with van der Waals surface area (Å²) in [5.74, 6) is 1.43. The summed E-state index contributed by atoms with van der Waals surface area (Å²) in [6, 6.07) is 6.06. The zero-order valence-electron chi connectivity index (χ0n) is 14.5. The molecule has 0 spiro atoms. The van der Waals surface area contributed by atoms with Crippen molar-refractivity contribution in [3.05, 3.63) is 30.0 Å². The Kier molecular flexibility index (Phi) is 4.01. The van der Waals surface area contributed by atoms with Crippen LogP contribution in [0.25, 0.3) is 22.6 Å². The maximum atomic E-state index is 6.03. The highest BCUT2D eigenvalue weighted by Crippen LogP contribution is 2.26. The van der Waals surface area contributed by atoms with E-state index in [1.165, 1.54) is 5.56 Å². The minimum absolute atomic E-state index is 0. The quantitative estimate of drug-likeness (QED) is 0.760. The predicted molar refractivity (Wildman–Crippen MR) is 102 cm³/mol. The molecule has 1 unspecified atom stereocenters. The Balaban J connectivity index is 0.00000131. The third-order valence-corrected chi connectivity index (χ3v) is 4.51. The Hall–Kier alpha value is -2.67. The van der Waals surface area contributed by atoms with Crippen molar-refractivity contribution in [3.63, 3.8) is 0 Å². The minimum atomic E-state index is 0. The number of piperidine rings is 1. The fourth-order valence-corrected chi connectivity index (χ4v) is 3.23. The van der Waals surface area contributed by atoms with Gasteiger partial charge in [-0.2, -0.15) is 0 Å². The van der Waals surface area contributed by atoms with Gasteiger partial charge in [0.05, 0.1) is 17.2 Å². The number of H-pyrrole nitrogens is 1. The lowest BCUT2D eigenvalue weighted by Gasteiger charge is -2.29. The average Bonchev–Trinajstić information content (AvgIpc) is 2.99. The highest BCUT2D eigenvalue weighted by Gasteiger charge is 2.20. The summed E-state index contributed by atoms with van der Waals surface area (Å²) in [5, 5.41) is 0. The number of nitrogens with two attached hydrogens (primary N) is 1. The molecule has 7 nitrogen and oxygen atoms in total. The van der Waals surface area contributed by atoms with Crippen molar-refractivity contribution in [2.75, 3.05) is 25.9 Å². The number of aryl methyl sites for hydroxylation is 1. The van der Waals surface area contributed by atoms with Gasteiger partial charge in [-0.25, -0.2) is 15.0 Å². The van der Waals surface area contributed by atoms with E-state index in [1.54, 1.807) is 6.20 Å². The zero-order valence-corrected chi connectivity index (χ0v) is 14.5. The van der Waals surface area contributed by atoms with Crippen LogP contribution in [0.1, 0.15) is 21.3 Å². The van der Waals surface area contributed by atoms with Crippen LogP contribution in [0.2, 0.25) is 0 Å². The van der Waals surface area contributed by atoms with Gasteiger partial charge in [0.25, 0.3) is 0 Å². The van der Waals surface area contributed by atoms with Crippen molar-refractivity contribution in [2.24, 2.45) is 0 Å². The molecule has 1 saturated heterocycles. The number of ether oxygens (including phenoxy) is 1. The van der Waals surface area contributed by atoms with E-state index in [2.05, 4.69) is 31.9 Å². The third-order valence-electron chi connectivity index (χ3n) is 4.51. The average molecular weight is 342 g/mol. The summed E-state index contributed by atoms with van der Waals surface area (Å²) in [6.07, 6.45) is 3.86. The molecule has 1 fully saturated rings. The van der Waals surface area contributed by atoms with Crippen LogP contribution in [0, 0.1) is 6.92 Å². The molecule has 1 aliphatic heterocycles.